The number of hydrogen-bond donors (Lipinski definition) is 1. The molecular formula is C12H9N3O. The summed E-state index contributed by atoms with van der Waals surface area (Å²) in [5.41, 5.74) is 3.59. The Morgan fingerprint density at radius 2 is 2.19 bits per heavy atom. The van der Waals surface area contributed by atoms with Crippen molar-refractivity contribution in [1.29, 1.82) is 0 Å². The highest BCUT2D eigenvalue weighted by molar-refractivity contribution is 5.98. The van der Waals surface area contributed by atoms with Crippen LogP contribution in [-0.2, 0) is 6.54 Å². The van der Waals surface area contributed by atoms with E-state index in [0.717, 1.165) is 22.4 Å². The van der Waals surface area contributed by atoms with E-state index >= 15 is 0 Å². The second kappa shape index (κ2) is 3.41. The van der Waals surface area contributed by atoms with Crippen molar-refractivity contribution in [1.82, 2.24) is 15.3 Å². The molecule has 4 nitrogen and oxygen atoms in total. The van der Waals surface area contributed by atoms with E-state index in [1.165, 1.54) is 0 Å². The molecule has 4 heteroatoms. The monoisotopic (exact) mass is 211 g/mol. The van der Waals surface area contributed by atoms with Crippen molar-refractivity contribution in [3.05, 3.63) is 47.9 Å². The maximum Gasteiger partial charge on any atom is 0.251 e. The average molecular weight is 211 g/mol. The number of nitrogens with zero attached hydrogens (tertiary/aromatic N) is 2. The highest BCUT2D eigenvalue weighted by atomic mass is 16.1. The van der Waals surface area contributed by atoms with Crippen LogP contribution in [0.4, 0.5) is 0 Å². The van der Waals surface area contributed by atoms with Gasteiger partial charge in [-0.05, 0) is 17.7 Å². The zero-order valence-electron chi connectivity index (χ0n) is 8.47. The standard InChI is InChI=1S/C12H9N3O/c16-12-10-2-1-8(5-9(10)6-15-12)11-7-13-3-4-14-11/h1-5,7H,6H2,(H,15,16). The molecule has 1 N–H and O–H groups in total. The van der Waals surface area contributed by atoms with Gasteiger partial charge in [-0.2, -0.15) is 0 Å². The topological polar surface area (TPSA) is 54.9 Å². The van der Waals surface area contributed by atoms with Crippen LogP contribution in [0.15, 0.2) is 36.8 Å². The smallest absolute Gasteiger partial charge is 0.251 e. The van der Waals surface area contributed by atoms with E-state index in [2.05, 4.69) is 15.3 Å². The molecule has 0 fully saturated rings. The first kappa shape index (κ1) is 9.03. The number of hydrogen-bond acceptors (Lipinski definition) is 3. The predicted molar refractivity (Wildman–Crippen MR) is 58.6 cm³/mol. The van der Waals surface area contributed by atoms with E-state index in [1.807, 2.05) is 18.2 Å². The van der Waals surface area contributed by atoms with Gasteiger partial charge in [0.2, 0.25) is 0 Å². The molecule has 0 atom stereocenters. The molecule has 1 aromatic carbocycles. The van der Waals surface area contributed by atoms with Gasteiger partial charge in [-0.15, -0.1) is 0 Å². The summed E-state index contributed by atoms with van der Waals surface area (Å²) in [5.74, 6) is 0.000644. The third kappa shape index (κ3) is 1.35. The van der Waals surface area contributed by atoms with Crippen molar-refractivity contribution in [2.24, 2.45) is 0 Å². The van der Waals surface area contributed by atoms with Crippen LogP contribution in [0.2, 0.25) is 0 Å². The minimum absolute atomic E-state index is 0.000644. The number of carbonyl (C=O) groups excluding carboxylic acids is 1. The first-order valence-corrected chi connectivity index (χ1v) is 5.02. The number of benzene rings is 1. The molecule has 3 rings (SSSR count). The second-order valence-corrected chi connectivity index (χ2v) is 3.65. The summed E-state index contributed by atoms with van der Waals surface area (Å²) in [6.07, 6.45) is 5.01. The van der Waals surface area contributed by atoms with Crippen molar-refractivity contribution in [2.75, 3.05) is 0 Å². The fourth-order valence-electron chi connectivity index (χ4n) is 1.84. The van der Waals surface area contributed by atoms with Gasteiger partial charge in [0.15, 0.2) is 0 Å². The van der Waals surface area contributed by atoms with E-state index in [9.17, 15) is 4.79 Å². The van der Waals surface area contributed by atoms with Crippen molar-refractivity contribution >= 4 is 5.91 Å². The molecule has 1 amide bonds. The normalized spacial score (nSPS) is 13.4. The highest BCUT2D eigenvalue weighted by Crippen LogP contribution is 2.22. The van der Waals surface area contributed by atoms with Crippen LogP contribution in [0.3, 0.4) is 0 Å². The molecule has 0 spiro atoms. The van der Waals surface area contributed by atoms with Crippen LogP contribution in [0.1, 0.15) is 15.9 Å². The number of carbonyl (C=O) groups is 1. The van der Waals surface area contributed by atoms with E-state index in [1.54, 1.807) is 18.6 Å². The lowest BCUT2D eigenvalue weighted by atomic mass is 10.0. The van der Waals surface area contributed by atoms with Gasteiger partial charge in [0.1, 0.15) is 0 Å². The lowest BCUT2D eigenvalue weighted by Gasteiger charge is -2.01. The lowest BCUT2D eigenvalue weighted by molar-refractivity contribution is 0.0966. The number of aromatic nitrogens is 2. The SMILES string of the molecule is O=C1NCc2cc(-c3cnccn3)ccc21. The van der Waals surface area contributed by atoms with E-state index in [-0.39, 0.29) is 5.91 Å². The molecule has 16 heavy (non-hydrogen) atoms. The fraction of sp³-hybridized carbons (Fsp3) is 0.0833. The van der Waals surface area contributed by atoms with Crippen molar-refractivity contribution < 1.29 is 4.79 Å². The predicted octanol–water partition coefficient (Wildman–Crippen LogP) is 1.39. The summed E-state index contributed by atoms with van der Waals surface area (Å²) in [4.78, 5) is 19.6. The van der Waals surface area contributed by atoms with Crippen LogP contribution in [-0.4, -0.2) is 15.9 Å². The number of amides is 1. The zero-order valence-corrected chi connectivity index (χ0v) is 8.47. The first-order valence-electron chi connectivity index (χ1n) is 5.02. The molecule has 78 valence electrons. The molecule has 2 heterocycles. The van der Waals surface area contributed by atoms with Gasteiger partial charge >= 0.3 is 0 Å². The Morgan fingerprint density at radius 3 is 3.00 bits per heavy atom. The van der Waals surface area contributed by atoms with Crippen molar-refractivity contribution in [2.45, 2.75) is 6.54 Å². The summed E-state index contributed by atoms with van der Waals surface area (Å²) < 4.78 is 0. The third-order valence-electron chi connectivity index (χ3n) is 2.65. The van der Waals surface area contributed by atoms with Crippen LogP contribution in [0.5, 0.6) is 0 Å². The molecule has 0 aliphatic carbocycles. The maximum atomic E-state index is 11.4. The van der Waals surface area contributed by atoms with Crippen LogP contribution in [0.25, 0.3) is 11.3 Å². The number of fused-ring (bicyclic) bond motifs is 1. The molecule has 0 bridgehead atoms. The third-order valence-corrected chi connectivity index (χ3v) is 2.65. The molecule has 1 aliphatic heterocycles. The molecule has 1 aromatic heterocycles. The molecule has 2 aromatic rings. The lowest BCUT2D eigenvalue weighted by Crippen LogP contribution is -2.12. The Balaban J connectivity index is 2.09. The largest absolute Gasteiger partial charge is 0.348 e. The fourth-order valence-corrected chi connectivity index (χ4v) is 1.84. The van der Waals surface area contributed by atoms with Crippen LogP contribution >= 0.6 is 0 Å². The van der Waals surface area contributed by atoms with Gasteiger partial charge in [0.25, 0.3) is 5.91 Å². The summed E-state index contributed by atoms with van der Waals surface area (Å²) >= 11 is 0. The summed E-state index contributed by atoms with van der Waals surface area (Å²) in [5, 5.41) is 2.79. The van der Waals surface area contributed by atoms with Gasteiger partial charge in [-0.25, -0.2) is 0 Å². The van der Waals surface area contributed by atoms with E-state index in [0.29, 0.717) is 6.54 Å². The van der Waals surface area contributed by atoms with Crippen LogP contribution in [0, 0.1) is 0 Å². The zero-order chi connectivity index (χ0) is 11.0. The van der Waals surface area contributed by atoms with Gasteiger partial charge < -0.3 is 5.32 Å². The molecule has 1 aliphatic rings. The Morgan fingerprint density at radius 1 is 1.25 bits per heavy atom. The van der Waals surface area contributed by atoms with E-state index < -0.39 is 0 Å². The molecular weight excluding hydrogens is 202 g/mol. The molecule has 0 saturated carbocycles. The Bertz CT molecular complexity index is 551. The quantitative estimate of drug-likeness (QED) is 0.775. The van der Waals surface area contributed by atoms with Gasteiger partial charge in [0, 0.05) is 30.1 Å². The second-order valence-electron chi connectivity index (χ2n) is 3.65. The van der Waals surface area contributed by atoms with Crippen molar-refractivity contribution in [3.8, 4) is 11.3 Å². The van der Waals surface area contributed by atoms with Gasteiger partial charge in [-0.3, -0.25) is 14.8 Å². The van der Waals surface area contributed by atoms with Gasteiger partial charge in [0.05, 0.1) is 11.9 Å². The maximum absolute atomic E-state index is 11.4. The Kier molecular flexibility index (Phi) is 1.93. The molecule has 0 unspecified atom stereocenters. The minimum Gasteiger partial charge on any atom is -0.348 e. The average Bonchev–Trinajstić information content (AvgIpc) is 2.72. The Labute approximate surface area is 92.4 Å². The highest BCUT2D eigenvalue weighted by Gasteiger charge is 2.18. The van der Waals surface area contributed by atoms with E-state index in [4.69, 9.17) is 0 Å². The number of rotatable bonds is 1. The minimum atomic E-state index is 0.000644. The summed E-state index contributed by atoms with van der Waals surface area (Å²) in [6, 6.07) is 5.71. The van der Waals surface area contributed by atoms with Crippen molar-refractivity contribution in [3.63, 3.8) is 0 Å². The number of nitrogens with one attached hydrogen (secondary N) is 1. The van der Waals surface area contributed by atoms with Gasteiger partial charge in [-0.1, -0.05) is 6.07 Å². The summed E-state index contributed by atoms with van der Waals surface area (Å²) in [6.45, 7) is 0.599. The first-order chi connectivity index (χ1) is 7.84. The molecule has 0 radical (unpaired) electrons. The molecule has 0 saturated heterocycles. The van der Waals surface area contributed by atoms with Crippen LogP contribution < -0.4 is 5.32 Å². The summed E-state index contributed by atoms with van der Waals surface area (Å²) in [7, 11) is 0. The Hall–Kier alpha value is -2.23.